The lowest BCUT2D eigenvalue weighted by molar-refractivity contribution is 1.22. The monoisotopic (exact) mass is 835 g/mol. The van der Waals surface area contributed by atoms with Crippen LogP contribution in [-0.2, 0) is 0 Å². The number of nitrogens with zero attached hydrogens (tertiary/aromatic N) is 5. The Morgan fingerprint density at radius 1 is 0.258 bits per heavy atom. The largest absolute Gasteiger partial charge is 0.311 e. The molecule has 0 N–H and O–H groups in total. The van der Waals surface area contributed by atoms with E-state index in [2.05, 4.69) is 230 Å². The molecule has 0 saturated heterocycles. The summed E-state index contributed by atoms with van der Waals surface area (Å²) in [6, 6.07) is 77.2. The predicted octanol–water partition coefficient (Wildman–Crippen LogP) is 13.9. The van der Waals surface area contributed by atoms with Crippen molar-refractivity contribution in [2.75, 3.05) is 14.7 Å². The van der Waals surface area contributed by atoms with Gasteiger partial charge in [-0.1, -0.05) is 133 Å². The Balaban J connectivity index is 1.18. The highest BCUT2D eigenvalue weighted by atomic mass is 15.2. The lowest BCUT2D eigenvalue weighted by atomic mass is 9.31. The highest BCUT2D eigenvalue weighted by Crippen LogP contribution is 2.56. The van der Waals surface area contributed by atoms with Gasteiger partial charge >= 0.3 is 0 Å². The number of para-hydroxylation sites is 7. The third-order valence-electron chi connectivity index (χ3n) is 15.4. The van der Waals surface area contributed by atoms with E-state index in [9.17, 15) is 0 Å². The van der Waals surface area contributed by atoms with Crippen LogP contribution in [0.15, 0.2) is 206 Å². The van der Waals surface area contributed by atoms with Gasteiger partial charge in [0.1, 0.15) is 0 Å². The Morgan fingerprint density at radius 2 is 0.621 bits per heavy atom. The smallest absolute Gasteiger partial charge is 0.257 e. The molecule has 0 aliphatic carbocycles. The van der Waals surface area contributed by atoms with Gasteiger partial charge in [0.25, 0.3) is 6.71 Å². The zero-order chi connectivity index (χ0) is 42.5. The van der Waals surface area contributed by atoms with Gasteiger partial charge in [-0.15, -0.1) is 0 Å². The first-order chi connectivity index (χ1) is 32.8. The van der Waals surface area contributed by atoms with Crippen LogP contribution in [0.4, 0.5) is 51.2 Å². The predicted molar refractivity (Wildman–Crippen MR) is 278 cm³/mol. The minimum absolute atomic E-state index is 0.0799. The van der Waals surface area contributed by atoms with E-state index in [0.717, 1.165) is 17.1 Å². The molecule has 0 atom stereocenters. The van der Waals surface area contributed by atoms with Gasteiger partial charge in [0.05, 0.1) is 44.5 Å². The molecule has 0 saturated carbocycles. The lowest BCUT2D eigenvalue weighted by Crippen LogP contribution is -2.65. The maximum atomic E-state index is 2.69. The summed E-state index contributed by atoms with van der Waals surface area (Å²) in [6.07, 6.45) is 0. The van der Waals surface area contributed by atoms with Crippen LogP contribution >= 0.6 is 0 Å². The average molecular weight is 836 g/mol. The van der Waals surface area contributed by atoms with Crippen LogP contribution in [0.3, 0.4) is 0 Å². The van der Waals surface area contributed by atoms with E-state index in [1.165, 1.54) is 127 Å². The lowest BCUT2D eigenvalue weighted by Gasteiger charge is -2.49. The molecule has 0 spiro atoms. The topological polar surface area (TPSA) is 18.5 Å². The standard InChI is InChI=1S/C60H34BN5/c1-4-17-35(18-5-1)62-48-31-16-32-49-52(48)61-53-50(62)33-44-42-27-14-25-40-38-23-10-12-29-46(38)65(55(40)42)57(44)59(53)64(37-21-8-3-9-22-37)60-54(61)51(63(49)36-19-6-2-7-20-36)34-45-43-28-15-26-41-39-24-11-13-30-47(39)66(56(41)43)58(45)60/h1-34H. The molecule has 7 heterocycles. The Hall–Kier alpha value is -8.74. The van der Waals surface area contributed by atoms with Gasteiger partial charge in [-0.2, -0.15) is 0 Å². The molecule has 3 aliphatic heterocycles. The Bertz CT molecular complexity index is 4160. The second-order valence-electron chi connectivity index (χ2n) is 18.4. The fourth-order valence-corrected chi connectivity index (χ4v) is 13.1. The number of anilines is 9. The third kappa shape index (κ3) is 3.79. The fourth-order valence-electron chi connectivity index (χ4n) is 13.1. The van der Waals surface area contributed by atoms with E-state index in [1.807, 2.05) is 0 Å². The first-order valence-electron chi connectivity index (χ1n) is 23.0. The van der Waals surface area contributed by atoms with Crippen LogP contribution in [-0.4, -0.2) is 15.5 Å². The summed E-state index contributed by atoms with van der Waals surface area (Å²) >= 11 is 0. The normalized spacial score (nSPS) is 13.9. The van der Waals surface area contributed by atoms with E-state index >= 15 is 0 Å². The Labute approximate surface area is 378 Å². The van der Waals surface area contributed by atoms with Crippen molar-refractivity contribution in [3.8, 4) is 0 Å². The molecule has 0 fully saturated rings. The molecule has 0 bridgehead atoms. The van der Waals surface area contributed by atoms with E-state index < -0.39 is 0 Å². The molecule has 66 heavy (non-hydrogen) atoms. The number of fused-ring (bicyclic) bond motifs is 14. The van der Waals surface area contributed by atoms with Crippen LogP contribution in [0.1, 0.15) is 0 Å². The van der Waals surface area contributed by atoms with Gasteiger partial charge in [-0.3, -0.25) is 0 Å². The van der Waals surface area contributed by atoms with Crippen molar-refractivity contribution < 1.29 is 0 Å². The van der Waals surface area contributed by atoms with Gasteiger partial charge in [-0.25, -0.2) is 0 Å². The average Bonchev–Trinajstić information content (AvgIpc) is 4.11. The van der Waals surface area contributed by atoms with Gasteiger partial charge < -0.3 is 23.5 Å². The van der Waals surface area contributed by atoms with Crippen molar-refractivity contribution in [1.82, 2.24) is 8.80 Å². The zero-order valence-corrected chi connectivity index (χ0v) is 35.4. The highest BCUT2D eigenvalue weighted by Gasteiger charge is 2.51. The number of hydrogen-bond acceptors (Lipinski definition) is 3. The molecule has 6 heteroatoms. The van der Waals surface area contributed by atoms with Gasteiger partial charge in [-0.05, 0) is 89.2 Å². The first-order valence-corrected chi connectivity index (χ1v) is 23.0. The molecule has 4 aromatic heterocycles. The summed E-state index contributed by atoms with van der Waals surface area (Å²) in [5, 5.41) is 10.2. The Morgan fingerprint density at radius 3 is 1.08 bits per heavy atom. The molecule has 0 amide bonds. The van der Waals surface area contributed by atoms with E-state index in [-0.39, 0.29) is 6.71 Å². The summed E-state index contributed by atoms with van der Waals surface area (Å²) < 4.78 is 5.22. The number of rotatable bonds is 3. The van der Waals surface area contributed by atoms with Crippen molar-refractivity contribution in [1.29, 1.82) is 0 Å². The van der Waals surface area contributed by atoms with E-state index in [4.69, 9.17) is 0 Å². The first kappa shape index (κ1) is 33.8. The van der Waals surface area contributed by atoms with Crippen molar-refractivity contribution in [2.24, 2.45) is 0 Å². The summed E-state index contributed by atoms with van der Waals surface area (Å²) in [7, 11) is 0. The summed E-state index contributed by atoms with van der Waals surface area (Å²) in [5.41, 5.74) is 22.3. The number of aromatic nitrogens is 2. The van der Waals surface area contributed by atoms with E-state index in [1.54, 1.807) is 0 Å². The number of benzene rings is 10. The van der Waals surface area contributed by atoms with Crippen LogP contribution in [0.25, 0.3) is 76.2 Å². The van der Waals surface area contributed by atoms with E-state index in [0.29, 0.717) is 0 Å². The van der Waals surface area contributed by atoms with Crippen LogP contribution in [0.2, 0.25) is 0 Å². The molecule has 302 valence electrons. The maximum absolute atomic E-state index is 2.69. The molecule has 0 unspecified atom stereocenters. The highest BCUT2D eigenvalue weighted by molar-refractivity contribution is 7.03. The molecular formula is C60H34BN5. The second kappa shape index (κ2) is 11.7. The van der Waals surface area contributed by atoms with Crippen molar-refractivity contribution in [3.05, 3.63) is 206 Å². The minimum atomic E-state index is -0.0799. The molecule has 10 aromatic carbocycles. The maximum Gasteiger partial charge on any atom is 0.257 e. The zero-order valence-electron chi connectivity index (χ0n) is 35.4. The molecule has 0 radical (unpaired) electrons. The summed E-state index contributed by atoms with van der Waals surface area (Å²) in [4.78, 5) is 7.82. The quantitative estimate of drug-likeness (QED) is 0.165. The Kier molecular flexibility index (Phi) is 5.98. The van der Waals surface area contributed by atoms with Gasteiger partial charge in [0, 0.05) is 82.9 Å². The van der Waals surface area contributed by atoms with Crippen LogP contribution in [0, 0.1) is 0 Å². The summed E-state index contributed by atoms with van der Waals surface area (Å²) in [6.45, 7) is -0.0799. The molecular weight excluding hydrogens is 802 g/mol. The van der Waals surface area contributed by atoms with Crippen molar-refractivity contribution in [2.45, 2.75) is 0 Å². The number of hydrogen-bond donors (Lipinski definition) is 0. The molecule has 5 nitrogen and oxygen atoms in total. The van der Waals surface area contributed by atoms with Crippen LogP contribution in [0.5, 0.6) is 0 Å². The SMILES string of the molecule is c1ccc(N2c3cccc4c3B3c5c2cc2c6cccc7c8ccccc8n(c2c5N(c2ccccc2)c2c3c(cc3c5cccc8c9ccccc9n(c23)c85)N4c2ccccc2)c76)cc1. The van der Waals surface area contributed by atoms with Gasteiger partial charge in [0.2, 0.25) is 0 Å². The minimum Gasteiger partial charge on any atom is -0.311 e. The fraction of sp³-hybridized carbons (Fsp3) is 0. The van der Waals surface area contributed by atoms with Crippen molar-refractivity contribution >= 4 is 150 Å². The molecule has 3 aliphatic rings. The van der Waals surface area contributed by atoms with Gasteiger partial charge in [0.15, 0.2) is 0 Å². The molecule has 17 rings (SSSR count). The summed E-state index contributed by atoms with van der Waals surface area (Å²) in [5.74, 6) is 0. The second-order valence-corrected chi connectivity index (χ2v) is 18.4. The van der Waals surface area contributed by atoms with Crippen molar-refractivity contribution in [3.63, 3.8) is 0 Å². The van der Waals surface area contributed by atoms with Crippen LogP contribution < -0.4 is 31.1 Å². The third-order valence-corrected chi connectivity index (χ3v) is 15.4. The molecule has 14 aromatic rings.